The van der Waals surface area contributed by atoms with Crippen molar-refractivity contribution in [1.82, 2.24) is 0 Å². The normalized spacial score (nSPS) is 23.4. The Balaban J connectivity index is 2.41. The summed E-state index contributed by atoms with van der Waals surface area (Å²) in [6.45, 7) is 1.05. The Labute approximate surface area is 59.8 Å². The zero-order valence-corrected chi connectivity index (χ0v) is 5.95. The van der Waals surface area contributed by atoms with Gasteiger partial charge in [-0.05, 0) is 6.08 Å². The Kier molecular flexibility index (Phi) is 2.53. The highest BCUT2D eigenvalue weighted by Crippen LogP contribution is 2.10. The van der Waals surface area contributed by atoms with Gasteiger partial charge in [-0.15, -0.1) is 0 Å². The van der Waals surface area contributed by atoms with E-state index in [2.05, 4.69) is 10.2 Å². The molecule has 1 heterocycles. The van der Waals surface area contributed by atoms with Gasteiger partial charge in [-0.25, -0.2) is 0 Å². The summed E-state index contributed by atoms with van der Waals surface area (Å²) in [5.41, 5.74) is 6.18. The van der Waals surface area contributed by atoms with Gasteiger partial charge in [-0.3, -0.25) is 0 Å². The third kappa shape index (κ3) is 1.62. The predicted octanol–water partition coefficient (Wildman–Crippen LogP) is 0.310. The lowest BCUT2D eigenvalue weighted by atomic mass is 10.3. The third-order valence-electron chi connectivity index (χ3n) is 1.27. The highest BCUT2D eigenvalue weighted by molar-refractivity contribution is 5.10. The molecule has 1 aliphatic heterocycles. The Morgan fingerprint density at radius 1 is 1.80 bits per heavy atom. The van der Waals surface area contributed by atoms with Crippen LogP contribution >= 0.6 is 0 Å². The number of hydrogen-bond acceptors (Lipinski definition) is 4. The molecule has 0 unspecified atom stereocenters. The molecule has 0 saturated carbocycles. The third-order valence-corrected chi connectivity index (χ3v) is 1.27. The lowest BCUT2D eigenvalue weighted by molar-refractivity contribution is 0.192. The molecule has 0 aromatic rings. The summed E-state index contributed by atoms with van der Waals surface area (Å²) in [5, 5.41) is 7.74. The van der Waals surface area contributed by atoms with Gasteiger partial charge in [0, 0.05) is 13.7 Å². The molecule has 0 aromatic heterocycles. The monoisotopic (exact) mass is 141 g/mol. The van der Waals surface area contributed by atoms with Crippen molar-refractivity contribution in [1.29, 1.82) is 0 Å². The second-order valence-electron chi connectivity index (χ2n) is 2.10. The lowest BCUT2D eigenvalue weighted by Gasteiger charge is -1.97. The summed E-state index contributed by atoms with van der Waals surface area (Å²) in [6, 6.07) is 0.0866. The van der Waals surface area contributed by atoms with Crippen LogP contribution < -0.4 is 5.73 Å². The molecule has 0 saturated heterocycles. The van der Waals surface area contributed by atoms with E-state index in [1.807, 2.05) is 6.08 Å². The van der Waals surface area contributed by atoms with Gasteiger partial charge in [0.2, 0.25) is 0 Å². The average molecular weight is 141 g/mol. The van der Waals surface area contributed by atoms with Crippen molar-refractivity contribution in [3.63, 3.8) is 0 Å². The number of hydrogen-bond donors (Lipinski definition) is 1. The molecule has 1 atom stereocenters. The number of ether oxygens (including phenoxy) is 1. The van der Waals surface area contributed by atoms with E-state index in [4.69, 9.17) is 10.5 Å². The zero-order valence-electron chi connectivity index (χ0n) is 5.95. The molecule has 1 rings (SSSR count). The maximum Gasteiger partial charge on any atom is 0.115 e. The molecule has 0 radical (unpaired) electrons. The average Bonchev–Trinajstić information content (AvgIpc) is 2.37. The fraction of sp³-hybridized carbons (Fsp3) is 0.667. The number of methoxy groups -OCH3 is 1. The van der Waals surface area contributed by atoms with Crippen LogP contribution in [-0.4, -0.2) is 26.3 Å². The van der Waals surface area contributed by atoms with Crippen molar-refractivity contribution in [2.24, 2.45) is 16.0 Å². The quantitative estimate of drug-likeness (QED) is 0.614. The topological polar surface area (TPSA) is 60.0 Å². The fourth-order valence-electron chi connectivity index (χ4n) is 0.798. The molecular formula is C6H11N3O. The molecule has 0 fully saturated rings. The summed E-state index contributed by atoms with van der Waals surface area (Å²) in [5.74, 6) is 0. The van der Waals surface area contributed by atoms with Crippen LogP contribution in [0.5, 0.6) is 0 Å². The van der Waals surface area contributed by atoms with E-state index in [9.17, 15) is 0 Å². The van der Waals surface area contributed by atoms with Gasteiger partial charge in [0.15, 0.2) is 0 Å². The van der Waals surface area contributed by atoms with Crippen molar-refractivity contribution in [2.75, 3.05) is 20.3 Å². The molecule has 4 nitrogen and oxygen atoms in total. The molecule has 0 aromatic carbocycles. The largest absolute Gasteiger partial charge is 0.382 e. The van der Waals surface area contributed by atoms with Crippen molar-refractivity contribution in [3.8, 4) is 0 Å². The first-order valence-corrected chi connectivity index (χ1v) is 3.17. The van der Waals surface area contributed by atoms with Gasteiger partial charge < -0.3 is 10.5 Å². The van der Waals surface area contributed by atoms with E-state index in [1.54, 1.807) is 7.11 Å². The molecule has 2 N–H and O–H groups in total. The highest BCUT2D eigenvalue weighted by atomic mass is 16.5. The Bertz CT molecular complexity index is 164. The van der Waals surface area contributed by atoms with Crippen LogP contribution in [0.1, 0.15) is 0 Å². The minimum absolute atomic E-state index is 0.0866. The van der Waals surface area contributed by atoms with Gasteiger partial charge in [0.05, 0.1) is 12.3 Å². The molecule has 0 bridgehead atoms. The Morgan fingerprint density at radius 3 is 3.10 bits per heavy atom. The highest BCUT2D eigenvalue weighted by Gasteiger charge is 2.09. The van der Waals surface area contributed by atoms with E-state index < -0.39 is 0 Å². The second kappa shape index (κ2) is 3.43. The molecule has 0 aliphatic carbocycles. The van der Waals surface area contributed by atoms with Gasteiger partial charge in [-0.2, -0.15) is 10.2 Å². The predicted molar refractivity (Wildman–Crippen MR) is 37.7 cm³/mol. The van der Waals surface area contributed by atoms with E-state index in [-0.39, 0.29) is 6.04 Å². The summed E-state index contributed by atoms with van der Waals surface area (Å²) < 4.78 is 4.88. The standard InChI is InChI=1S/C6H11N3O/c1-10-4-6-2-5(3-7)8-9-6/h2,6H,3-4,7H2,1H3/t6-/m0/s1. The van der Waals surface area contributed by atoms with Gasteiger partial charge in [0.1, 0.15) is 6.04 Å². The molecule has 10 heavy (non-hydrogen) atoms. The van der Waals surface area contributed by atoms with Crippen molar-refractivity contribution < 1.29 is 4.74 Å². The van der Waals surface area contributed by atoms with Crippen LogP contribution in [0.3, 0.4) is 0 Å². The lowest BCUT2D eigenvalue weighted by Crippen LogP contribution is -2.06. The molecule has 0 spiro atoms. The van der Waals surface area contributed by atoms with Gasteiger partial charge in [0.25, 0.3) is 0 Å². The Hall–Kier alpha value is -0.740. The molecule has 4 heteroatoms. The van der Waals surface area contributed by atoms with E-state index in [0.717, 1.165) is 5.70 Å². The van der Waals surface area contributed by atoms with Gasteiger partial charge >= 0.3 is 0 Å². The van der Waals surface area contributed by atoms with Crippen LogP contribution in [0, 0.1) is 0 Å². The van der Waals surface area contributed by atoms with Crippen molar-refractivity contribution >= 4 is 0 Å². The Morgan fingerprint density at radius 2 is 2.60 bits per heavy atom. The fourth-order valence-corrected chi connectivity index (χ4v) is 0.798. The smallest absolute Gasteiger partial charge is 0.115 e. The summed E-state index contributed by atoms with van der Waals surface area (Å²) in [7, 11) is 1.64. The van der Waals surface area contributed by atoms with E-state index >= 15 is 0 Å². The first-order valence-electron chi connectivity index (χ1n) is 3.17. The number of azo groups is 1. The van der Waals surface area contributed by atoms with Crippen LogP contribution in [0.15, 0.2) is 22.0 Å². The van der Waals surface area contributed by atoms with Crippen LogP contribution in [0.2, 0.25) is 0 Å². The summed E-state index contributed by atoms with van der Waals surface area (Å²) in [6.07, 6.45) is 1.92. The van der Waals surface area contributed by atoms with Gasteiger partial charge in [-0.1, -0.05) is 0 Å². The minimum Gasteiger partial charge on any atom is -0.382 e. The maximum atomic E-state index is 5.33. The maximum absolute atomic E-state index is 5.33. The summed E-state index contributed by atoms with van der Waals surface area (Å²) >= 11 is 0. The van der Waals surface area contributed by atoms with Crippen LogP contribution in [0.4, 0.5) is 0 Å². The second-order valence-corrected chi connectivity index (χ2v) is 2.10. The van der Waals surface area contributed by atoms with Crippen LogP contribution in [-0.2, 0) is 4.74 Å². The molecule has 1 aliphatic rings. The number of nitrogens with zero attached hydrogens (tertiary/aromatic N) is 2. The first-order chi connectivity index (χ1) is 4.86. The summed E-state index contributed by atoms with van der Waals surface area (Å²) in [4.78, 5) is 0. The van der Waals surface area contributed by atoms with E-state index in [1.165, 1.54) is 0 Å². The van der Waals surface area contributed by atoms with Crippen molar-refractivity contribution in [3.05, 3.63) is 11.8 Å². The minimum atomic E-state index is 0.0866. The molecule has 0 amide bonds. The van der Waals surface area contributed by atoms with Crippen molar-refractivity contribution in [2.45, 2.75) is 6.04 Å². The molecule has 56 valence electrons. The first kappa shape index (κ1) is 7.37. The van der Waals surface area contributed by atoms with Crippen LogP contribution in [0.25, 0.3) is 0 Å². The zero-order chi connectivity index (χ0) is 7.40. The SMILES string of the molecule is COC[C@@H]1C=C(CN)N=N1. The number of rotatable bonds is 3. The number of nitrogens with two attached hydrogens (primary N) is 1. The molecular weight excluding hydrogens is 130 g/mol. The van der Waals surface area contributed by atoms with E-state index in [0.29, 0.717) is 13.2 Å².